The molecule has 0 unspecified atom stereocenters. The zero-order valence-corrected chi connectivity index (χ0v) is 7.06. The summed E-state index contributed by atoms with van der Waals surface area (Å²) in [7, 11) is 1.20. The van der Waals surface area contributed by atoms with E-state index in [1.165, 1.54) is 13.5 Å². The van der Waals surface area contributed by atoms with Crippen molar-refractivity contribution in [3.8, 4) is 0 Å². The molecule has 67 valence electrons. The Bertz CT molecular complexity index is 297. The van der Waals surface area contributed by atoms with Gasteiger partial charge < -0.3 is 4.74 Å². The van der Waals surface area contributed by atoms with Gasteiger partial charge in [0.25, 0.3) is 0 Å². The summed E-state index contributed by atoms with van der Waals surface area (Å²) in [6.45, 7) is 0. The van der Waals surface area contributed by atoms with E-state index in [1.807, 2.05) is 0 Å². The van der Waals surface area contributed by atoms with Crippen LogP contribution in [0.25, 0.3) is 0 Å². The molecular weight excluding hydrogens is 170 g/mol. The van der Waals surface area contributed by atoms with E-state index in [2.05, 4.69) is 4.74 Å². The molecule has 1 rings (SSSR count). The van der Waals surface area contributed by atoms with Crippen LogP contribution in [0, 0.1) is 0 Å². The normalized spacial score (nSPS) is 9.00. The zero-order chi connectivity index (χ0) is 9.68. The molecule has 0 saturated heterocycles. The Morgan fingerprint density at radius 2 is 2.00 bits per heavy atom. The average Bonchev–Trinajstić information content (AvgIpc) is 2.20. The minimum Gasteiger partial charge on any atom is -0.452 e. The number of benzene rings is 1. The Morgan fingerprint density at radius 3 is 2.46 bits per heavy atom. The van der Waals surface area contributed by atoms with Gasteiger partial charge in [-0.15, -0.1) is 0 Å². The molecule has 0 aliphatic rings. The summed E-state index contributed by atoms with van der Waals surface area (Å²) in [6, 6.07) is 8.43. The molecule has 0 atom stereocenters. The highest BCUT2D eigenvalue weighted by atomic mass is 16.5. The number of carbonyl (C=O) groups is 1. The summed E-state index contributed by atoms with van der Waals surface area (Å²) >= 11 is 0. The highest BCUT2D eigenvalue weighted by Crippen LogP contribution is 2.11. The molecule has 1 radical (unpaired) electrons. The molecular formula is C9H8NO3. The van der Waals surface area contributed by atoms with Gasteiger partial charge in [-0.05, 0) is 12.1 Å². The first-order valence-corrected chi connectivity index (χ1v) is 3.60. The Hall–Kier alpha value is -1.84. The van der Waals surface area contributed by atoms with Gasteiger partial charge in [-0.2, -0.15) is 0 Å². The van der Waals surface area contributed by atoms with Crippen LogP contribution in [0.4, 0.5) is 10.5 Å². The van der Waals surface area contributed by atoms with E-state index < -0.39 is 6.09 Å². The predicted molar refractivity (Wildman–Crippen MR) is 47.0 cm³/mol. The van der Waals surface area contributed by atoms with Gasteiger partial charge in [0.05, 0.1) is 12.8 Å². The highest BCUT2D eigenvalue weighted by Gasteiger charge is 2.15. The topological polar surface area (TPSA) is 46.6 Å². The van der Waals surface area contributed by atoms with Gasteiger partial charge in [0.1, 0.15) is 0 Å². The van der Waals surface area contributed by atoms with Crippen LogP contribution in [0.3, 0.4) is 0 Å². The molecule has 1 aromatic carbocycles. The van der Waals surface area contributed by atoms with Crippen molar-refractivity contribution >= 4 is 18.2 Å². The first kappa shape index (κ1) is 9.25. The Balaban J connectivity index is 2.91. The monoisotopic (exact) mass is 178 g/mol. The summed E-state index contributed by atoms with van der Waals surface area (Å²) in [5.74, 6) is 0. The maximum absolute atomic E-state index is 11.0. The lowest BCUT2D eigenvalue weighted by molar-refractivity contribution is 0.182. The van der Waals surface area contributed by atoms with E-state index in [0.717, 1.165) is 4.90 Å². The number of anilines is 1. The molecule has 0 heterocycles. The summed E-state index contributed by atoms with van der Waals surface area (Å²) in [5, 5.41) is 0. The van der Waals surface area contributed by atoms with Crippen LogP contribution in [0.2, 0.25) is 0 Å². The third-order valence-corrected chi connectivity index (χ3v) is 1.46. The second-order valence-electron chi connectivity index (χ2n) is 2.23. The zero-order valence-electron chi connectivity index (χ0n) is 7.06. The van der Waals surface area contributed by atoms with Crippen molar-refractivity contribution < 1.29 is 14.3 Å². The molecule has 0 N–H and O–H groups in total. The van der Waals surface area contributed by atoms with Crippen LogP contribution in [0.15, 0.2) is 30.3 Å². The predicted octanol–water partition coefficient (Wildman–Crippen LogP) is 1.33. The largest absolute Gasteiger partial charge is 0.452 e. The molecule has 2 amide bonds. The minimum absolute atomic E-state index is 0.435. The Labute approximate surface area is 75.7 Å². The van der Waals surface area contributed by atoms with Crippen LogP contribution >= 0.6 is 0 Å². The number of amides is 2. The number of carbonyl (C=O) groups excluding carboxylic acids is 2. The molecule has 0 aliphatic heterocycles. The van der Waals surface area contributed by atoms with E-state index in [1.54, 1.807) is 30.3 Å². The first-order chi connectivity index (χ1) is 6.29. The fraction of sp³-hybridized carbons (Fsp3) is 0.111. The quantitative estimate of drug-likeness (QED) is 0.642. The molecule has 4 heteroatoms. The van der Waals surface area contributed by atoms with Gasteiger partial charge in [0.15, 0.2) is 0 Å². The fourth-order valence-corrected chi connectivity index (χ4v) is 0.864. The highest BCUT2D eigenvalue weighted by molar-refractivity contribution is 6.03. The molecule has 0 aromatic heterocycles. The molecule has 1 aromatic rings. The lowest BCUT2D eigenvalue weighted by Crippen LogP contribution is -2.28. The van der Waals surface area contributed by atoms with Crippen LogP contribution in [-0.2, 0) is 9.53 Å². The molecule has 4 nitrogen and oxygen atoms in total. The molecule has 0 saturated carbocycles. The van der Waals surface area contributed by atoms with Gasteiger partial charge >= 0.3 is 12.5 Å². The van der Waals surface area contributed by atoms with Gasteiger partial charge in [0, 0.05) is 0 Å². The summed E-state index contributed by atoms with van der Waals surface area (Å²) in [4.78, 5) is 22.2. The van der Waals surface area contributed by atoms with Crippen LogP contribution in [0.1, 0.15) is 0 Å². The number of para-hydroxylation sites is 1. The lowest BCUT2D eigenvalue weighted by atomic mass is 10.3. The number of hydrogen-bond donors (Lipinski definition) is 0. The second-order valence-corrected chi connectivity index (χ2v) is 2.23. The van der Waals surface area contributed by atoms with Crippen molar-refractivity contribution in [2.75, 3.05) is 12.0 Å². The van der Waals surface area contributed by atoms with Crippen LogP contribution < -0.4 is 4.90 Å². The third kappa shape index (κ3) is 2.05. The van der Waals surface area contributed by atoms with Crippen LogP contribution in [-0.4, -0.2) is 19.6 Å². The van der Waals surface area contributed by atoms with E-state index in [0.29, 0.717) is 5.69 Å². The van der Waals surface area contributed by atoms with Gasteiger partial charge in [-0.1, -0.05) is 18.2 Å². The van der Waals surface area contributed by atoms with Crippen molar-refractivity contribution in [3.05, 3.63) is 30.3 Å². The molecule has 13 heavy (non-hydrogen) atoms. The van der Waals surface area contributed by atoms with Crippen molar-refractivity contribution in [2.24, 2.45) is 0 Å². The Morgan fingerprint density at radius 1 is 1.38 bits per heavy atom. The van der Waals surface area contributed by atoms with E-state index in [9.17, 15) is 9.59 Å². The maximum atomic E-state index is 11.0. The number of hydrogen-bond acceptors (Lipinski definition) is 3. The number of methoxy groups -OCH3 is 1. The standard InChI is InChI=1S/C9H8NO3/c1-13-9(12)10(7-11)8-5-3-2-4-6-8/h2-6H,1H3. The van der Waals surface area contributed by atoms with Crippen molar-refractivity contribution in [1.82, 2.24) is 0 Å². The molecule has 0 aliphatic carbocycles. The van der Waals surface area contributed by atoms with Gasteiger partial charge in [-0.3, -0.25) is 4.79 Å². The van der Waals surface area contributed by atoms with Gasteiger partial charge in [-0.25, -0.2) is 9.69 Å². The third-order valence-electron chi connectivity index (χ3n) is 1.46. The van der Waals surface area contributed by atoms with Crippen molar-refractivity contribution in [2.45, 2.75) is 0 Å². The number of ether oxygens (including phenoxy) is 1. The van der Waals surface area contributed by atoms with E-state index >= 15 is 0 Å². The van der Waals surface area contributed by atoms with E-state index in [4.69, 9.17) is 0 Å². The number of rotatable bonds is 2. The van der Waals surface area contributed by atoms with E-state index in [-0.39, 0.29) is 0 Å². The molecule has 0 spiro atoms. The lowest BCUT2D eigenvalue weighted by Gasteiger charge is -2.11. The summed E-state index contributed by atoms with van der Waals surface area (Å²) in [5.41, 5.74) is 0.435. The molecule has 0 fully saturated rings. The Kier molecular flexibility index (Phi) is 3.03. The van der Waals surface area contributed by atoms with Crippen LogP contribution in [0.5, 0.6) is 0 Å². The minimum atomic E-state index is -0.749. The van der Waals surface area contributed by atoms with Crippen molar-refractivity contribution in [1.29, 1.82) is 0 Å². The smallest absolute Gasteiger partial charge is 0.421 e. The van der Waals surface area contributed by atoms with Crippen molar-refractivity contribution in [3.63, 3.8) is 0 Å². The summed E-state index contributed by atoms with van der Waals surface area (Å²) < 4.78 is 4.38. The molecule has 0 bridgehead atoms. The van der Waals surface area contributed by atoms with Gasteiger partial charge in [0.2, 0.25) is 0 Å². The fourth-order valence-electron chi connectivity index (χ4n) is 0.864. The second kappa shape index (κ2) is 4.25. The number of nitrogens with zero attached hydrogens (tertiary/aromatic N) is 1. The number of imide groups is 1. The first-order valence-electron chi connectivity index (χ1n) is 3.60. The average molecular weight is 178 g/mol. The maximum Gasteiger partial charge on any atom is 0.421 e. The summed E-state index contributed by atoms with van der Waals surface area (Å²) in [6.07, 6.45) is 0.729. The SMILES string of the molecule is COC(=O)N([C]=O)c1ccccc1.